The maximum Gasteiger partial charge on any atom is 0.253 e. The molecule has 2 N–H and O–H groups in total. The summed E-state index contributed by atoms with van der Waals surface area (Å²) in [5.74, 6) is 0.557. The van der Waals surface area contributed by atoms with Crippen LogP contribution < -0.4 is 10.7 Å². The zero-order chi connectivity index (χ0) is 22.4. The fourth-order valence-electron chi connectivity index (χ4n) is 2.68. The lowest BCUT2D eigenvalue weighted by atomic mass is 10.1. The van der Waals surface area contributed by atoms with Crippen molar-refractivity contribution in [1.82, 2.24) is 20.2 Å². The number of carbonyl (C=O) groups is 1. The maximum atomic E-state index is 12.5. The molecule has 9 heteroatoms. The minimum absolute atomic E-state index is 0.196. The van der Waals surface area contributed by atoms with Crippen molar-refractivity contribution in [1.29, 1.82) is 0 Å². The first kappa shape index (κ1) is 22.8. The predicted octanol–water partition coefficient (Wildman–Crippen LogP) is 4.41. The highest BCUT2D eigenvalue weighted by atomic mass is 35.5. The zero-order valence-corrected chi connectivity index (χ0v) is 19.5. The topological polar surface area (TPSA) is 84.2 Å². The Hall–Kier alpha value is -2.84. The molecule has 0 saturated carbocycles. The molecule has 3 aromatic rings. The number of hydrogen-bond acceptors (Lipinski definition) is 6. The van der Waals surface area contributed by atoms with Gasteiger partial charge in [-0.05, 0) is 44.5 Å². The second-order valence-electron chi connectivity index (χ2n) is 7.12. The van der Waals surface area contributed by atoms with Gasteiger partial charge in [-0.2, -0.15) is 5.10 Å². The van der Waals surface area contributed by atoms with Gasteiger partial charge in [-0.15, -0.1) is 10.2 Å². The van der Waals surface area contributed by atoms with Crippen LogP contribution in [0.2, 0.25) is 5.02 Å². The molecule has 0 saturated heterocycles. The van der Waals surface area contributed by atoms with Crippen LogP contribution in [-0.4, -0.2) is 31.6 Å². The maximum absolute atomic E-state index is 12.5. The lowest BCUT2D eigenvalue weighted by molar-refractivity contribution is -0.120. The smallest absolute Gasteiger partial charge is 0.253 e. The van der Waals surface area contributed by atoms with Crippen LogP contribution in [0.3, 0.4) is 0 Å². The Balaban J connectivity index is 1.56. The minimum atomic E-state index is -0.383. The van der Waals surface area contributed by atoms with E-state index in [-0.39, 0.29) is 11.2 Å². The number of hydrogen-bond donors (Lipinski definition) is 2. The van der Waals surface area contributed by atoms with Crippen LogP contribution >= 0.6 is 23.4 Å². The Morgan fingerprint density at radius 2 is 1.97 bits per heavy atom. The molecule has 2 aromatic carbocycles. The molecule has 0 bridgehead atoms. The van der Waals surface area contributed by atoms with E-state index < -0.39 is 0 Å². The van der Waals surface area contributed by atoms with Crippen LogP contribution in [0.5, 0.6) is 0 Å². The summed E-state index contributed by atoms with van der Waals surface area (Å²) in [6.45, 7) is 6.20. The molecular formula is C22H25ClN6OS. The average molecular weight is 457 g/mol. The molecule has 1 heterocycles. The van der Waals surface area contributed by atoms with Gasteiger partial charge < -0.3 is 9.88 Å². The van der Waals surface area contributed by atoms with Crippen LogP contribution in [0, 0.1) is 6.92 Å². The van der Waals surface area contributed by atoms with Crippen molar-refractivity contribution in [3.63, 3.8) is 0 Å². The predicted molar refractivity (Wildman–Crippen MR) is 127 cm³/mol. The monoisotopic (exact) mass is 456 g/mol. The van der Waals surface area contributed by atoms with Gasteiger partial charge in [0.05, 0.1) is 17.5 Å². The quantitative estimate of drug-likeness (QED) is 0.298. The number of thioether (sulfide) groups is 1. The molecule has 0 radical (unpaired) electrons. The van der Waals surface area contributed by atoms with Crippen molar-refractivity contribution < 1.29 is 4.79 Å². The lowest BCUT2D eigenvalue weighted by Gasteiger charge is -2.10. The Morgan fingerprint density at radius 1 is 1.23 bits per heavy atom. The van der Waals surface area contributed by atoms with Gasteiger partial charge in [0.25, 0.3) is 5.91 Å². The highest BCUT2D eigenvalue weighted by molar-refractivity contribution is 8.00. The largest absolute Gasteiger partial charge is 0.378 e. The molecule has 1 atom stereocenters. The SMILES string of the molecule is CC(=NNC(=O)C(C)Sc1nnc(CNc2cccc(Cl)c2)n1C)c1ccc(C)cc1. The molecule has 1 unspecified atom stereocenters. The van der Waals surface area contributed by atoms with Crippen molar-refractivity contribution in [2.75, 3.05) is 5.32 Å². The molecule has 0 aliphatic rings. The number of nitrogens with one attached hydrogen (secondary N) is 2. The molecule has 31 heavy (non-hydrogen) atoms. The van der Waals surface area contributed by atoms with E-state index in [2.05, 4.69) is 26.0 Å². The van der Waals surface area contributed by atoms with Gasteiger partial charge >= 0.3 is 0 Å². The number of hydrazone groups is 1. The number of aromatic nitrogens is 3. The van der Waals surface area contributed by atoms with Crippen molar-refractivity contribution in [3.8, 4) is 0 Å². The normalized spacial score (nSPS) is 12.5. The highest BCUT2D eigenvalue weighted by Gasteiger charge is 2.18. The lowest BCUT2D eigenvalue weighted by Crippen LogP contribution is -2.28. The third kappa shape index (κ3) is 6.32. The van der Waals surface area contributed by atoms with Gasteiger partial charge in [0.1, 0.15) is 0 Å². The van der Waals surface area contributed by atoms with E-state index in [0.29, 0.717) is 16.7 Å². The van der Waals surface area contributed by atoms with Crippen LogP contribution in [0.15, 0.2) is 58.8 Å². The first-order valence-corrected chi connectivity index (χ1v) is 11.0. The van der Waals surface area contributed by atoms with Gasteiger partial charge in [0, 0.05) is 17.8 Å². The van der Waals surface area contributed by atoms with E-state index in [1.165, 1.54) is 17.3 Å². The number of amides is 1. The van der Waals surface area contributed by atoms with E-state index in [4.69, 9.17) is 11.6 Å². The molecule has 1 amide bonds. The standard InChI is InChI=1S/C22H25ClN6OS/c1-14-8-10-17(11-9-14)15(2)25-27-21(30)16(3)31-22-28-26-20(29(22)4)13-24-19-7-5-6-18(23)12-19/h5-12,16,24H,13H2,1-4H3,(H,27,30). The van der Waals surface area contributed by atoms with E-state index >= 15 is 0 Å². The average Bonchev–Trinajstić information content (AvgIpc) is 3.10. The van der Waals surface area contributed by atoms with E-state index in [1.54, 1.807) is 0 Å². The number of halogens is 1. The summed E-state index contributed by atoms with van der Waals surface area (Å²) in [5.41, 5.74) is 6.44. The molecule has 0 spiro atoms. The molecule has 0 fully saturated rings. The number of benzene rings is 2. The summed E-state index contributed by atoms with van der Waals surface area (Å²) in [4.78, 5) is 12.5. The van der Waals surface area contributed by atoms with E-state index in [0.717, 1.165) is 22.8 Å². The second-order valence-corrected chi connectivity index (χ2v) is 8.87. The van der Waals surface area contributed by atoms with Crippen LogP contribution in [0.25, 0.3) is 0 Å². The molecule has 0 aliphatic carbocycles. The molecule has 162 valence electrons. The van der Waals surface area contributed by atoms with Crippen LogP contribution in [0.1, 0.15) is 30.8 Å². The summed E-state index contributed by atoms with van der Waals surface area (Å²) in [6, 6.07) is 15.5. The second kappa shape index (κ2) is 10.5. The zero-order valence-electron chi connectivity index (χ0n) is 17.9. The summed E-state index contributed by atoms with van der Waals surface area (Å²) in [7, 11) is 1.88. The van der Waals surface area contributed by atoms with Crippen LogP contribution in [0.4, 0.5) is 5.69 Å². The molecule has 0 aliphatic heterocycles. The van der Waals surface area contributed by atoms with Gasteiger partial charge in [-0.1, -0.05) is 59.3 Å². The summed E-state index contributed by atoms with van der Waals surface area (Å²) in [6.07, 6.45) is 0. The van der Waals surface area contributed by atoms with Crippen molar-refractivity contribution in [3.05, 3.63) is 70.5 Å². The Bertz CT molecular complexity index is 1080. The molecule has 7 nitrogen and oxygen atoms in total. The van der Waals surface area contributed by atoms with E-state index in [1.807, 2.05) is 80.9 Å². The first-order valence-electron chi connectivity index (χ1n) is 9.79. The number of anilines is 1. The summed E-state index contributed by atoms with van der Waals surface area (Å²) < 4.78 is 1.87. The Labute approximate surface area is 191 Å². The first-order chi connectivity index (χ1) is 14.8. The van der Waals surface area contributed by atoms with Gasteiger partial charge in [0.15, 0.2) is 11.0 Å². The van der Waals surface area contributed by atoms with Gasteiger partial charge in [-0.3, -0.25) is 4.79 Å². The minimum Gasteiger partial charge on any atom is -0.378 e. The number of rotatable bonds is 8. The molecule has 3 rings (SSSR count). The molecular weight excluding hydrogens is 432 g/mol. The Morgan fingerprint density at radius 3 is 2.68 bits per heavy atom. The Kier molecular flexibility index (Phi) is 7.70. The molecule has 1 aromatic heterocycles. The third-order valence-corrected chi connectivity index (χ3v) is 6.02. The number of carbonyl (C=O) groups excluding carboxylic acids is 1. The van der Waals surface area contributed by atoms with Gasteiger partial charge in [0.2, 0.25) is 0 Å². The highest BCUT2D eigenvalue weighted by Crippen LogP contribution is 2.22. The van der Waals surface area contributed by atoms with E-state index in [9.17, 15) is 4.79 Å². The summed E-state index contributed by atoms with van der Waals surface area (Å²) in [5, 5.41) is 16.9. The van der Waals surface area contributed by atoms with Crippen molar-refractivity contribution >= 4 is 40.7 Å². The van der Waals surface area contributed by atoms with Crippen molar-refractivity contribution in [2.24, 2.45) is 12.1 Å². The fraction of sp³-hybridized carbons (Fsp3) is 0.273. The number of nitrogens with zero attached hydrogens (tertiary/aromatic N) is 4. The third-order valence-electron chi connectivity index (χ3n) is 4.65. The van der Waals surface area contributed by atoms with Gasteiger partial charge in [-0.25, -0.2) is 5.43 Å². The number of aryl methyl sites for hydroxylation is 1. The fourth-order valence-corrected chi connectivity index (χ4v) is 3.70. The van der Waals surface area contributed by atoms with Crippen molar-refractivity contribution in [2.45, 2.75) is 37.7 Å². The summed E-state index contributed by atoms with van der Waals surface area (Å²) >= 11 is 7.34. The van der Waals surface area contributed by atoms with Crippen LogP contribution in [-0.2, 0) is 18.4 Å².